The first-order chi connectivity index (χ1) is 14.8. The summed E-state index contributed by atoms with van der Waals surface area (Å²) in [7, 11) is -4.02. The minimum Gasteiger partial charge on any atom is -0.348 e. The Morgan fingerprint density at radius 2 is 1.50 bits per heavy atom. The predicted octanol–water partition coefficient (Wildman–Crippen LogP) is 4.63. The topological polar surface area (TPSA) is 76.1 Å². The quantitative estimate of drug-likeness (QED) is 0.648. The van der Waals surface area contributed by atoms with Gasteiger partial charge in [0, 0.05) is 12.2 Å². The first-order valence-electron chi connectivity index (χ1n) is 9.54. The molecule has 1 aliphatic carbocycles. The highest BCUT2D eigenvalue weighted by molar-refractivity contribution is 7.92. The molecule has 1 saturated carbocycles. The standard InChI is InChI=1S/C20H18F6N2O3S/c21-19(22,23)12-2-1-3-16(10-12)32(30,31)15-6-4-14(5-7-15)28-18(29)17-11-13(8-9-27-17)20(24,25)26/h1-3,8-11,14-15H,4-7H2,(H,28,29). The molecule has 0 unspecified atom stereocenters. The molecule has 0 bridgehead atoms. The van der Waals surface area contributed by atoms with Crippen molar-refractivity contribution in [1.29, 1.82) is 0 Å². The van der Waals surface area contributed by atoms with Gasteiger partial charge in [0.1, 0.15) is 5.69 Å². The van der Waals surface area contributed by atoms with Crippen LogP contribution >= 0.6 is 0 Å². The van der Waals surface area contributed by atoms with Crippen molar-refractivity contribution >= 4 is 15.7 Å². The molecule has 1 amide bonds. The largest absolute Gasteiger partial charge is 0.416 e. The van der Waals surface area contributed by atoms with Gasteiger partial charge in [0.15, 0.2) is 9.84 Å². The highest BCUT2D eigenvalue weighted by Crippen LogP contribution is 2.34. The molecule has 0 aliphatic heterocycles. The number of sulfone groups is 1. The van der Waals surface area contributed by atoms with E-state index in [2.05, 4.69) is 10.3 Å². The number of carbonyl (C=O) groups excluding carboxylic acids is 1. The lowest BCUT2D eigenvalue weighted by atomic mass is 9.95. The average Bonchev–Trinajstić information content (AvgIpc) is 2.73. The van der Waals surface area contributed by atoms with Crippen molar-refractivity contribution in [3.8, 4) is 0 Å². The molecule has 1 aromatic heterocycles. The van der Waals surface area contributed by atoms with Crippen LogP contribution in [0.15, 0.2) is 47.5 Å². The van der Waals surface area contributed by atoms with E-state index in [-0.39, 0.29) is 25.7 Å². The Bertz CT molecular complexity index is 1090. The van der Waals surface area contributed by atoms with Crippen LogP contribution in [0.2, 0.25) is 0 Å². The molecule has 32 heavy (non-hydrogen) atoms. The number of hydrogen-bond donors (Lipinski definition) is 1. The zero-order valence-electron chi connectivity index (χ0n) is 16.4. The maximum atomic E-state index is 12.9. The van der Waals surface area contributed by atoms with Gasteiger partial charge in [-0.2, -0.15) is 26.3 Å². The molecular weight excluding hydrogens is 462 g/mol. The molecule has 2 aromatic rings. The number of pyridine rings is 1. The molecule has 1 heterocycles. The summed E-state index contributed by atoms with van der Waals surface area (Å²) in [5.41, 5.74) is -2.50. The van der Waals surface area contributed by atoms with Crippen LogP contribution in [-0.2, 0) is 22.2 Å². The highest BCUT2D eigenvalue weighted by Gasteiger charge is 2.36. The summed E-state index contributed by atoms with van der Waals surface area (Å²) in [4.78, 5) is 15.5. The fraction of sp³-hybridized carbons (Fsp3) is 0.400. The number of hydrogen-bond acceptors (Lipinski definition) is 4. The molecule has 0 atom stereocenters. The maximum Gasteiger partial charge on any atom is 0.416 e. The van der Waals surface area contributed by atoms with Crippen LogP contribution in [0, 0.1) is 0 Å². The predicted molar refractivity (Wildman–Crippen MR) is 101 cm³/mol. The monoisotopic (exact) mass is 480 g/mol. The number of amides is 1. The third-order valence-electron chi connectivity index (χ3n) is 5.26. The molecule has 3 rings (SSSR count). The first-order valence-corrected chi connectivity index (χ1v) is 11.1. The number of carbonyl (C=O) groups is 1. The summed E-state index contributed by atoms with van der Waals surface area (Å²) in [6, 6.07) is 4.39. The van der Waals surface area contributed by atoms with Gasteiger partial charge in [-0.3, -0.25) is 9.78 Å². The van der Waals surface area contributed by atoms with Gasteiger partial charge in [0.2, 0.25) is 0 Å². The second-order valence-corrected chi connectivity index (χ2v) is 9.67. The second kappa shape index (κ2) is 8.72. The Labute approximate surface area is 179 Å². The van der Waals surface area contributed by atoms with Crippen molar-refractivity contribution in [2.45, 2.75) is 54.2 Å². The summed E-state index contributed by atoms with van der Waals surface area (Å²) >= 11 is 0. The number of halogens is 6. The third kappa shape index (κ3) is 5.40. The first kappa shape index (κ1) is 24.0. The summed E-state index contributed by atoms with van der Waals surface area (Å²) in [6.45, 7) is 0. The van der Waals surface area contributed by atoms with Crippen LogP contribution in [0.25, 0.3) is 0 Å². The summed E-state index contributed by atoms with van der Waals surface area (Å²) in [5, 5.41) is 1.62. The fourth-order valence-corrected chi connectivity index (χ4v) is 5.39. The van der Waals surface area contributed by atoms with Crippen LogP contribution in [-0.4, -0.2) is 30.6 Å². The Hall–Kier alpha value is -2.63. The summed E-state index contributed by atoms with van der Waals surface area (Å²) < 4.78 is 103. The minimum absolute atomic E-state index is 0.0829. The van der Waals surface area contributed by atoms with Crippen molar-refractivity contribution in [2.24, 2.45) is 0 Å². The van der Waals surface area contributed by atoms with Gasteiger partial charge in [-0.1, -0.05) is 6.07 Å². The number of aromatic nitrogens is 1. The normalized spacial score (nSPS) is 20.1. The second-order valence-electron chi connectivity index (χ2n) is 7.45. The van der Waals surface area contributed by atoms with E-state index in [4.69, 9.17) is 0 Å². The van der Waals surface area contributed by atoms with E-state index >= 15 is 0 Å². The number of benzene rings is 1. The van der Waals surface area contributed by atoms with Gasteiger partial charge in [0.05, 0.1) is 21.3 Å². The molecule has 1 fully saturated rings. The number of nitrogens with zero attached hydrogens (tertiary/aromatic N) is 1. The third-order valence-corrected chi connectivity index (χ3v) is 7.52. The van der Waals surface area contributed by atoms with Crippen molar-refractivity contribution in [2.75, 3.05) is 0 Å². The lowest BCUT2D eigenvalue weighted by Crippen LogP contribution is -2.40. The van der Waals surface area contributed by atoms with Crippen LogP contribution in [0.4, 0.5) is 26.3 Å². The van der Waals surface area contributed by atoms with E-state index in [0.717, 1.165) is 30.5 Å². The van der Waals surface area contributed by atoms with Gasteiger partial charge in [-0.15, -0.1) is 0 Å². The molecule has 1 aromatic carbocycles. The Morgan fingerprint density at radius 1 is 0.906 bits per heavy atom. The van der Waals surface area contributed by atoms with Crippen molar-refractivity contribution in [3.63, 3.8) is 0 Å². The van der Waals surface area contributed by atoms with Crippen molar-refractivity contribution < 1.29 is 39.6 Å². The average molecular weight is 480 g/mol. The van der Waals surface area contributed by atoms with Gasteiger partial charge in [0.25, 0.3) is 5.91 Å². The molecule has 1 N–H and O–H groups in total. The zero-order chi connectivity index (χ0) is 23.7. The van der Waals surface area contributed by atoms with Gasteiger partial charge < -0.3 is 5.32 Å². The van der Waals surface area contributed by atoms with E-state index in [9.17, 15) is 39.6 Å². The molecular formula is C20H18F6N2O3S. The number of rotatable bonds is 4. The summed E-state index contributed by atoms with van der Waals surface area (Å²) in [5.74, 6) is -0.819. The Balaban J connectivity index is 1.65. The van der Waals surface area contributed by atoms with Gasteiger partial charge in [-0.05, 0) is 56.0 Å². The lowest BCUT2D eigenvalue weighted by molar-refractivity contribution is -0.138. The fourth-order valence-electron chi connectivity index (χ4n) is 3.55. The van der Waals surface area contributed by atoms with Gasteiger partial charge in [-0.25, -0.2) is 8.42 Å². The molecule has 1 aliphatic rings. The highest BCUT2D eigenvalue weighted by atomic mass is 32.2. The minimum atomic E-state index is -4.68. The molecule has 0 saturated heterocycles. The molecule has 12 heteroatoms. The van der Waals surface area contributed by atoms with E-state index in [0.29, 0.717) is 12.1 Å². The summed E-state index contributed by atoms with van der Waals surface area (Å²) in [6.07, 6.45) is -7.87. The van der Waals surface area contributed by atoms with Crippen molar-refractivity contribution in [3.05, 3.63) is 59.4 Å². The lowest BCUT2D eigenvalue weighted by Gasteiger charge is -2.29. The van der Waals surface area contributed by atoms with Gasteiger partial charge >= 0.3 is 12.4 Å². The zero-order valence-corrected chi connectivity index (χ0v) is 17.2. The van der Waals surface area contributed by atoms with E-state index in [1.54, 1.807) is 0 Å². The Kier molecular flexibility index (Phi) is 6.55. The molecule has 5 nitrogen and oxygen atoms in total. The molecule has 0 spiro atoms. The number of alkyl halides is 6. The van der Waals surface area contributed by atoms with E-state index in [1.165, 1.54) is 0 Å². The SMILES string of the molecule is O=C(NC1CCC(S(=O)(=O)c2cccc(C(F)(F)F)c2)CC1)c1cc(C(F)(F)F)ccn1. The van der Waals surface area contributed by atoms with Crippen LogP contribution in [0.5, 0.6) is 0 Å². The maximum absolute atomic E-state index is 12.9. The molecule has 0 radical (unpaired) electrons. The van der Waals surface area contributed by atoms with Crippen molar-refractivity contribution in [1.82, 2.24) is 10.3 Å². The van der Waals surface area contributed by atoms with E-state index in [1.807, 2.05) is 0 Å². The number of nitrogens with one attached hydrogen (secondary N) is 1. The van der Waals surface area contributed by atoms with Crippen LogP contribution in [0.1, 0.15) is 47.3 Å². The Morgan fingerprint density at radius 3 is 2.09 bits per heavy atom. The molecule has 174 valence electrons. The van der Waals surface area contributed by atoms with Crippen LogP contribution in [0.3, 0.4) is 0 Å². The van der Waals surface area contributed by atoms with Crippen LogP contribution < -0.4 is 5.32 Å². The van der Waals surface area contributed by atoms with E-state index < -0.39 is 61.1 Å². The smallest absolute Gasteiger partial charge is 0.348 e.